The second kappa shape index (κ2) is 14.3. The van der Waals surface area contributed by atoms with Crippen LogP contribution in [-0.2, 0) is 12.0 Å². The smallest absolute Gasteiger partial charge is 0.0899 e. The van der Waals surface area contributed by atoms with Crippen LogP contribution in [0.2, 0.25) is 0 Å². The molecule has 0 heterocycles. The van der Waals surface area contributed by atoms with E-state index in [2.05, 4.69) is 45.0 Å². The van der Waals surface area contributed by atoms with Crippen molar-refractivity contribution in [2.24, 2.45) is 0 Å². The van der Waals surface area contributed by atoms with Crippen LogP contribution >= 0.6 is 0 Å². The van der Waals surface area contributed by atoms with E-state index in [0.717, 1.165) is 32.1 Å². The summed E-state index contributed by atoms with van der Waals surface area (Å²) in [5.74, 6) is 0. The lowest BCUT2D eigenvalue weighted by Crippen LogP contribution is -2.27. The molecule has 150 valence electrons. The Kier molecular flexibility index (Phi) is 12.7. The number of aryl methyl sites for hydroxylation is 1. The summed E-state index contributed by atoms with van der Waals surface area (Å²) in [6, 6.07) is 8.72. The van der Waals surface area contributed by atoms with Gasteiger partial charge in [-0.2, -0.15) is 0 Å². The van der Waals surface area contributed by atoms with E-state index in [9.17, 15) is 5.11 Å². The molecule has 0 aliphatic rings. The second-order valence-electron chi connectivity index (χ2n) is 8.12. The Bertz CT molecular complexity index is 439. The van der Waals surface area contributed by atoms with Gasteiger partial charge >= 0.3 is 0 Å². The molecule has 0 spiro atoms. The van der Waals surface area contributed by atoms with E-state index in [0.29, 0.717) is 0 Å². The number of unbranched alkanes of at least 4 members (excludes halogenated alkanes) is 9. The zero-order chi connectivity index (χ0) is 19.1. The van der Waals surface area contributed by atoms with Crippen LogP contribution < -0.4 is 0 Å². The summed E-state index contributed by atoms with van der Waals surface area (Å²) in [5, 5.41) is 11.7. The minimum Gasteiger partial charge on any atom is -0.385 e. The van der Waals surface area contributed by atoms with Gasteiger partial charge in [0.1, 0.15) is 0 Å². The number of hydrogen-bond donors (Lipinski definition) is 1. The zero-order valence-corrected chi connectivity index (χ0v) is 17.9. The Labute approximate surface area is 163 Å². The van der Waals surface area contributed by atoms with E-state index in [1.54, 1.807) is 0 Å². The molecule has 0 saturated heterocycles. The first-order valence-electron chi connectivity index (χ1n) is 11.5. The van der Waals surface area contributed by atoms with E-state index in [1.807, 2.05) is 0 Å². The fraction of sp³-hybridized carbons (Fsp3) is 0.760. The summed E-state index contributed by atoms with van der Waals surface area (Å²) in [5.41, 5.74) is 1.99. The molecule has 1 heteroatoms. The highest BCUT2D eigenvalue weighted by molar-refractivity contribution is 5.32. The maximum Gasteiger partial charge on any atom is 0.0899 e. The van der Waals surface area contributed by atoms with E-state index in [1.165, 1.54) is 75.3 Å². The second-order valence-corrected chi connectivity index (χ2v) is 8.12. The molecule has 1 rings (SSSR count). The molecule has 0 saturated carbocycles. The fourth-order valence-electron chi connectivity index (χ4n) is 4.02. The minimum absolute atomic E-state index is 0.622. The van der Waals surface area contributed by atoms with Gasteiger partial charge in [0, 0.05) is 0 Å². The lowest BCUT2D eigenvalue weighted by Gasteiger charge is -2.31. The van der Waals surface area contributed by atoms with Crippen molar-refractivity contribution in [2.75, 3.05) is 0 Å². The normalized spacial score (nSPS) is 11.8. The molecule has 1 aromatic rings. The van der Waals surface area contributed by atoms with Gasteiger partial charge < -0.3 is 5.11 Å². The van der Waals surface area contributed by atoms with Crippen LogP contribution in [0.1, 0.15) is 122 Å². The molecule has 0 radical (unpaired) electrons. The summed E-state index contributed by atoms with van der Waals surface area (Å²) in [6.07, 6.45) is 17.9. The lowest BCUT2D eigenvalue weighted by atomic mass is 9.80. The van der Waals surface area contributed by atoms with E-state index in [-0.39, 0.29) is 0 Å². The maximum absolute atomic E-state index is 11.7. The van der Waals surface area contributed by atoms with Gasteiger partial charge in [-0.1, -0.05) is 116 Å². The van der Waals surface area contributed by atoms with Crippen molar-refractivity contribution < 1.29 is 5.11 Å². The molecule has 0 aromatic heterocycles. The molecule has 26 heavy (non-hydrogen) atoms. The highest BCUT2D eigenvalue weighted by Gasteiger charge is 2.30. The SMILES string of the molecule is CCCCCCc1ccccc1C(O)(CCCCCC)CCCCCC. The average molecular weight is 361 g/mol. The molecule has 0 aliphatic carbocycles. The van der Waals surface area contributed by atoms with E-state index < -0.39 is 5.60 Å². The van der Waals surface area contributed by atoms with Crippen molar-refractivity contribution in [3.8, 4) is 0 Å². The fourth-order valence-corrected chi connectivity index (χ4v) is 4.02. The number of benzene rings is 1. The maximum atomic E-state index is 11.7. The van der Waals surface area contributed by atoms with E-state index in [4.69, 9.17) is 0 Å². The van der Waals surface area contributed by atoms with Crippen LogP contribution in [0.4, 0.5) is 0 Å². The number of aliphatic hydroxyl groups is 1. The third-order valence-electron chi connectivity index (χ3n) is 5.71. The topological polar surface area (TPSA) is 20.2 Å². The highest BCUT2D eigenvalue weighted by atomic mass is 16.3. The summed E-state index contributed by atoms with van der Waals surface area (Å²) in [7, 11) is 0. The first-order chi connectivity index (χ1) is 12.7. The molecule has 0 fully saturated rings. The number of rotatable bonds is 16. The largest absolute Gasteiger partial charge is 0.385 e. The molecule has 1 nitrogen and oxygen atoms in total. The third kappa shape index (κ3) is 8.71. The van der Waals surface area contributed by atoms with Gasteiger partial charge in [0.25, 0.3) is 0 Å². The van der Waals surface area contributed by atoms with Gasteiger partial charge in [0.05, 0.1) is 5.60 Å². The molecule has 0 amide bonds. The van der Waals surface area contributed by atoms with Crippen molar-refractivity contribution in [1.29, 1.82) is 0 Å². The van der Waals surface area contributed by atoms with Crippen LogP contribution in [-0.4, -0.2) is 5.11 Å². The quantitative estimate of drug-likeness (QED) is 0.297. The van der Waals surface area contributed by atoms with Crippen LogP contribution in [0.25, 0.3) is 0 Å². The molecule has 0 atom stereocenters. The first kappa shape index (κ1) is 23.2. The minimum atomic E-state index is -0.622. The van der Waals surface area contributed by atoms with Gasteiger partial charge in [-0.15, -0.1) is 0 Å². The molecule has 0 aliphatic heterocycles. The average Bonchev–Trinajstić information content (AvgIpc) is 2.66. The monoisotopic (exact) mass is 360 g/mol. The van der Waals surface area contributed by atoms with Crippen LogP contribution in [0, 0.1) is 0 Å². The van der Waals surface area contributed by atoms with Crippen molar-refractivity contribution in [1.82, 2.24) is 0 Å². The molecular formula is C25H44O. The standard InChI is InChI=1S/C25H44O/c1-4-7-10-13-18-23-19-14-15-20-24(23)25(26,21-16-11-8-5-2)22-17-12-9-6-3/h14-15,19-20,26H,4-13,16-18,21-22H2,1-3H3. The van der Waals surface area contributed by atoms with Crippen molar-refractivity contribution >= 4 is 0 Å². The molecule has 0 unspecified atom stereocenters. The highest BCUT2D eigenvalue weighted by Crippen LogP contribution is 2.36. The van der Waals surface area contributed by atoms with Gasteiger partial charge in [-0.25, -0.2) is 0 Å². The molecular weight excluding hydrogens is 316 g/mol. The molecule has 1 aromatic carbocycles. The summed E-state index contributed by atoms with van der Waals surface area (Å²) in [4.78, 5) is 0. The Morgan fingerprint density at radius 1 is 0.654 bits per heavy atom. The van der Waals surface area contributed by atoms with Crippen LogP contribution in [0.5, 0.6) is 0 Å². The predicted molar refractivity (Wildman–Crippen MR) is 116 cm³/mol. The summed E-state index contributed by atoms with van der Waals surface area (Å²) >= 11 is 0. The Hall–Kier alpha value is -0.820. The van der Waals surface area contributed by atoms with E-state index >= 15 is 0 Å². The summed E-state index contributed by atoms with van der Waals surface area (Å²) < 4.78 is 0. The third-order valence-corrected chi connectivity index (χ3v) is 5.71. The van der Waals surface area contributed by atoms with Crippen molar-refractivity contribution in [2.45, 2.75) is 123 Å². The van der Waals surface area contributed by atoms with Crippen LogP contribution in [0.3, 0.4) is 0 Å². The summed E-state index contributed by atoms with van der Waals surface area (Å²) in [6.45, 7) is 6.77. The van der Waals surface area contributed by atoms with Crippen molar-refractivity contribution in [3.05, 3.63) is 35.4 Å². The Morgan fingerprint density at radius 2 is 1.15 bits per heavy atom. The molecule has 1 N–H and O–H groups in total. The molecule has 0 bridgehead atoms. The van der Waals surface area contributed by atoms with Crippen molar-refractivity contribution in [3.63, 3.8) is 0 Å². The lowest BCUT2D eigenvalue weighted by molar-refractivity contribution is 0.0124. The van der Waals surface area contributed by atoms with Gasteiger partial charge in [0.15, 0.2) is 0 Å². The first-order valence-corrected chi connectivity index (χ1v) is 11.5. The van der Waals surface area contributed by atoms with Gasteiger partial charge in [0.2, 0.25) is 0 Å². The Balaban J connectivity index is 2.82. The zero-order valence-electron chi connectivity index (χ0n) is 17.9. The van der Waals surface area contributed by atoms with Gasteiger partial charge in [-0.3, -0.25) is 0 Å². The van der Waals surface area contributed by atoms with Crippen LogP contribution in [0.15, 0.2) is 24.3 Å². The number of hydrogen-bond acceptors (Lipinski definition) is 1. The Morgan fingerprint density at radius 3 is 1.69 bits per heavy atom. The van der Waals surface area contributed by atoms with Gasteiger partial charge in [-0.05, 0) is 36.8 Å². The predicted octanol–water partition coefficient (Wildman–Crippen LogP) is 7.94.